The quantitative estimate of drug-likeness (QED) is 0.855. The SMILES string of the molecule is CCNCC(C)Cc1c(C)nc(C2(C)CC2)nc1C. The van der Waals surface area contributed by atoms with E-state index < -0.39 is 0 Å². The maximum absolute atomic E-state index is 4.77. The van der Waals surface area contributed by atoms with Crippen LogP contribution in [0.2, 0.25) is 0 Å². The zero-order valence-corrected chi connectivity index (χ0v) is 13.0. The molecule has 0 amide bonds. The monoisotopic (exact) mass is 261 g/mol. The van der Waals surface area contributed by atoms with Gasteiger partial charge in [-0.2, -0.15) is 0 Å². The van der Waals surface area contributed by atoms with Gasteiger partial charge in [0.2, 0.25) is 0 Å². The Hall–Kier alpha value is -0.960. The van der Waals surface area contributed by atoms with Gasteiger partial charge in [-0.25, -0.2) is 9.97 Å². The van der Waals surface area contributed by atoms with Crippen LogP contribution in [0.3, 0.4) is 0 Å². The molecule has 1 atom stereocenters. The van der Waals surface area contributed by atoms with E-state index in [0.29, 0.717) is 5.92 Å². The van der Waals surface area contributed by atoms with Crippen LogP contribution in [-0.2, 0) is 11.8 Å². The molecule has 19 heavy (non-hydrogen) atoms. The minimum atomic E-state index is 0.267. The Morgan fingerprint density at radius 2 is 1.79 bits per heavy atom. The van der Waals surface area contributed by atoms with E-state index in [2.05, 4.69) is 39.9 Å². The molecule has 0 radical (unpaired) electrons. The van der Waals surface area contributed by atoms with Gasteiger partial charge in [-0.05, 0) is 57.7 Å². The predicted molar refractivity (Wildman–Crippen MR) is 79.5 cm³/mol. The summed E-state index contributed by atoms with van der Waals surface area (Å²) in [5, 5.41) is 3.41. The molecule has 1 fully saturated rings. The lowest BCUT2D eigenvalue weighted by atomic mass is 9.98. The van der Waals surface area contributed by atoms with Crippen LogP contribution in [0.15, 0.2) is 0 Å². The molecule has 1 aliphatic carbocycles. The second-order valence-electron chi connectivity index (χ2n) is 6.37. The molecule has 106 valence electrons. The Labute approximate surface area is 117 Å². The van der Waals surface area contributed by atoms with E-state index in [1.807, 2.05) is 0 Å². The van der Waals surface area contributed by atoms with Crippen LogP contribution in [0.1, 0.15) is 56.4 Å². The van der Waals surface area contributed by atoms with Gasteiger partial charge in [-0.15, -0.1) is 0 Å². The topological polar surface area (TPSA) is 37.8 Å². The number of aryl methyl sites for hydroxylation is 2. The van der Waals surface area contributed by atoms with Gasteiger partial charge in [0.25, 0.3) is 0 Å². The smallest absolute Gasteiger partial charge is 0.134 e. The summed E-state index contributed by atoms with van der Waals surface area (Å²) in [7, 11) is 0. The first-order chi connectivity index (χ1) is 8.96. The van der Waals surface area contributed by atoms with Crippen LogP contribution < -0.4 is 5.32 Å². The van der Waals surface area contributed by atoms with E-state index in [4.69, 9.17) is 9.97 Å². The number of hydrogen-bond acceptors (Lipinski definition) is 3. The number of nitrogens with one attached hydrogen (secondary N) is 1. The van der Waals surface area contributed by atoms with Crippen molar-refractivity contribution in [3.05, 3.63) is 22.8 Å². The summed E-state index contributed by atoms with van der Waals surface area (Å²) in [5.74, 6) is 1.69. The third-order valence-corrected chi connectivity index (χ3v) is 4.26. The molecule has 0 spiro atoms. The molecule has 0 saturated heterocycles. The highest BCUT2D eigenvalue weighted by Gasteiger charge is 2.42. The molecule has 0 aliphatic heterocycles. The van der Waals surface area contributed by atoms with Crippen molar-refractivity contribution in [3.8, 4) is 0 Å². The van der Waals surface area contributed by atoms with Crippen LogP contribution in [0.25, 0.3) is 0 Å². The molecule has 2 rings (SSSR count). The highest BCUT2D eigenvalue weighted by molar-refractivity contribution is 5.28. The van der Waals surface area contributed by atoms with E-state index in [9.17, 15) is 0 Å². The van der Waals surface area contributed by atoms with Crippen molar-refractivity contribution >= 4 is 0 Å². The third kappa shape index (κ3) is 3.33. The lowest BCUT2D eigenvalue weighted by Crippen LogP contribution is -2.23. The Bertz CT molecular complexity index is 426. The third-order valence-electron chi connectivity index (χ3n) is 4.26. The van der Waals surface area contributed by atoms with Gasteiger partial charge in [0.15, 0.2) is 0 Å². The van der Waals surface area contributed by atoms with Gasteiger partial charge in [0, 0.05) is 16.8 Å². The second kappa shape index (κ2) is 5.58. The zero-order valence-electron chi connectivity index (χ0n) is 13.0. The Balaban J connectivity index is 2.13. The lowest BCUT2D eigenvalue weighted by Gasteiger charge is -2.17. The molecular formula is C16H27N3. The van der Waals surface area contributed by atoms with Gasteiger partial charge in [-0.1, -0.05) is 20.8 Å². The standard InChI is InChI=1S/C16H27N3/c1-6-17-10-11(2)9-14-12(3)18-15(19-13(14)4)16(5)7-8-16/h11,17H,6-10H2,1-5H3. The Kier molecular flexibility index (Phi) is 4.24. The van der Waals surface area contributed by atoms with E-state index in [0.717, 1.165) is 25.3 Å². The highest BCUT2D eigenvalue weighted by atomic mass is 14.9. The zero-order chi connectivity index (χ0) is 14.0. The van der Waals surface area contributed by atoms with Gasteiger partial charge in [-0.3, -0.25) is 0 Å². The van der Waals surface area contributed by atoms with Gasteiger partial charge in [0.1, 0.15) is 5.82 Å². The van der Waals surface area contributed by atoms with Gasteiger partial charge in [0.05, 0.1) is 0 Å². The summed E-state index contributed by atoms with van der Waals surface area (Å²) >= 11 is 0. The van der Waals surface area contributed by atoms with Crippen molar-refractivity contribution < 1.29 is 0 Å². The van der Waals surface area contributed by atoms with Crippen molar-refractivity contribution in [1.82, 2.24) is 15.3 Å². The number of aromatic nitrogens is 2. The Morgan fingerprint density at radius 1 is 1.21 bits per heavy atom. The molecule has 1 aliphatic rings. The van der Waals surface area contributed by atoms with Crippen LogP contribution in [0.5, 0.6) is 0 Å². The maximum Gasteiger partial charge on any atom is 0.134 e. The fourth-order valence-corrected chi connectivity index (χ4v) is 2.53. The maximum atomic E-state index is 4.77. The van der Waals surface area contributed by atoms with E-state index in [-0.39, 0.29) is 5.41 Å². The van der Waals surface area contributed by atoms with Crippen molar-refractivity contribution in [2.24, 2.45) is 5.92 Å². The van der Waals surface area contributed by atoms with Crippen molar-refractivity contribution in [2.45, 2.75) is 59.3 Å². The molecule has 3 heteroatoms. The predicted octanol–water partition coefficient (Wildman–Crippen LogP) is 2.93. The molecule has 0 bridgehead atoms. The lowest BCUT2D eigenvalue weighted by molar-refractivity contribution is 0.516. The van der Waals surface area contributed by atoms with Crippen LogP contribution in [0, 0.1) is 19.8 Å². The summed E-state index contributed by atoms with van der Waals surface area (Å²) in [5.41, 5.74) is 3.97. The molecular weight excluding hydrogens is 234 g/mol. The number of hydrogen-bond donors (Lipinski definition) is 1. The van der Waals surface area contributed by atoms with E-state index in [1.54, 1.807) is 0 Å². The summed E-state index contributed by atoms with van der Waals surface area (Å²) < 4.78 is 0. The highest BCUT2D eigenvalue weighted by Crippen LogP contribution is 2.46. The molecule has 1 saturated carbocycles. The van der Waals surface area contributed by atoms with E-state index >= 15 is 0 Å². The van der Waals surface area contributed by atoms with Crippen molar-refractivity contribution in [1.29, 1.82) is 0 Å². The fraction of sp³-hybridized carbons (Fsp3) is 0.750. The fourth-order valence-electron chi connectivity index (χ4n) is 2.53. The van der Waals surface area contributed by atoms with Crippen LogP contribution in [-0.4, -0.2) is 23.1 Å². The molecule has 1 heterocycles. The second-order valence-corrected chi connectivity index (χ2v) is 6.37. The molecule has 0 aromatic carbocycles. The summed E-state index contributed by atoms with van der Waals surface area (Å²) in [6, 6.07) is 0. The molecule has 1 unspecified atom stereocenters. The number of nitrogens with zero attached hydrogens (tertiary/aromatic N) is 2. The average Bonchev–Trinajstić information content (AvgIpc) is 3.10. The molecule has 1 N–H and O–H groups in total. The first kappa shape index (κ1) is 14.4. The largest absolute Gasteiger partial charge is 0.317 e. The van der Waals surface area contributed by atoms with Gasteiger partial charge < -0.3 is 5.32 Å². The minimum Gasteiger partial charge on any atom is -0.317 e. The summed E-state index contributed by atoms with van der Waals surface area (Å²) in [6.45, 7) is 13.1. The number of rotatable bonds is 6. The Morgan fingerprint density at radius 3 is 2.26 bits per heavy atom. The average molecular weight is 261 g/mol. The minimum absolute atomic E-state index is 0.267. The van der Waals surface area contributed by atoms with E-state index in [1.165, 1.54) is 29.8 Å². The van der Waals surface area contributed by atoms with Crippen molar-refractivity contribution in [2.75, 3.05) is 13.1 Å². The molecule has 3 nitrogen and oxygen atoms in total. The summed E-state index contributed by atoms with van der Waals surface area (Å²) in [4.78, 5) is 9.54. The van der Waals surface area contributed by atoms with Crippen molar-refractivity contribution in [3.63, 3.8) is 0 Å². The normalized spacial score (nSPS) is 18.4. The van der Waals surface area contributed by atoms with Crippen LogP contribution in [0.4, 0.5) is 0 Å². The summed E-state index contributed by atoms with van der Waals surface area (Å²) in [6.07, 6.45) is 3.55. The molecule has 1 aromatic heterocycles. The van der Waals surface area contributed by atoms with Crippen LogP contribution >= 0.6 is 0 Å². The molecule has 1 aromatic rings. The van der Waals surface area contributed by atoms with Gasteiger partial charge >= 0.3 is 0 Å². The first-order valence-electron chi connectivity index (χ1n) is 7.51. The first-order valence-corrected chi connectivity index (χ1v) is 7.51.